The van der Waals surface area contributed by atoms with Crippen LogP contribution in [-0.2, 0) is 16.1 Å². The third-order valence-electron chi connectivity index (χ3n) is 4.58. The predicted octanol–water partition coefficient (Wildman–Crippen LogP) is 2.47. The first-order valence-corrected chi connectivity index (χ1v) is 8.77. The summed E-state index contributed by atoms with van der Waals surface area (Å²) in [5.41, 5.74) is 1.18. The Balaban J connectivity index is 1.46. The van der Waals surface area contributed by atoms with Gasteiger partial charge in [0, 0.05) is 20.0 Å². The second-order valence-electron chi connectivity index (χ2n) is 6.68. The molecular weight excluding hydrogens is 332 g/mol. The number of nitrogens with zero attached hydrogens (tertiary/aromatic N) is 2. The molecule has 26 heavy (non-hydrogen) atoms. The van der Waals surface area contributed by atoms with E-state index in [-0.39, 0.29) is 24.2 Å². The van der Waals surface area contributed by atoms with Crippen LogP contribution in [0.5, 0.6) is 5.75 Å². The Morgan fingerprint density at radius 3 is 2.77 bits per heavy atom. The Hall–Kier alpha value is -2.76. The van der Waals surface area contributed by atoms with Gasteiger partial charge in [-0.3, -0.25) is 9.59 Å². The molecule has 0 N–H and O–H groups in total. The topological polar surface area (TPSA) is 63.0 Å². The van der Waals surface area contributed by atoms with Crippen LogP contribution in [-0.4, -0.2) is 48.4 Å². The number of carbonyl (C=O) groups is 2. The van der Waals surface area contributed by atoms with Gasteiger partial charge in [0.2, 0.25) is 11.8 Å². The first-order chi connectivity index (χ1) is 12.5. The summed E-state index contributed by atoms with van der Waals surface area (Å²) in [7, 11) is 1.75. The molecule has 1 aromatic carbocycles. The van der Waals surface area contributed by atoms with Gasteiger partial charge in [0.25, 0.3) is 0 Å². The Bertz CT molecular complexity index is 740. The van der Waals surface area contributed by atoms with E-state index in [0.29, 0.717) is 26.2 Å². The number of likely N-dealkylation sites (tertiary alicyclic amines) is 1. The van der Waals surface area contributed by atoms with Crippen molar-refractivity contribution < 1.29 is 18.7 Å². The normalized spacial score (nSPS) is 16.8. The van der Waals surface area contributed by atoms with Crippen molar-refractivity contribution in [2.45, 2.75) is 19.9 Å². The van der Waals surface area contributed by atoms with Crippen molar-refractivity contribution in [2.24, 2.45) is 5.92 Å². The smallest absolute Gasteiger partial charge is 0.227 e. The van der Waals surface area contributed by atoms with Gasteiger partial charge in [-0.1, -0.05) is 17.7 Å². The highest BCUT2D eigenvalue weighted by Gasteiger charge is 2.35. The zero-order chi connectivity index (χ0) is 18.5. The van der Waals surface area contributed by atoms with Crippen LogP contribution in [0.3, 0.4) is 0 Å². The Morgan fingerprint density at radius 2 is 2.08 bits per heavy atom. The molecule has 1 atom stereocenters. The van der Waals surface area contributed by atoms with Crippen LogP contribution in [0.25, 0.3) is 0 Å². The SMILES string of the molecule is Cc1ccc(OCCN(C)C(=O)C2CC(=O)N(Cc3ccco3)C2)cc1. The summed E-state index contributed by atoms with van der Waals surface area (Å²) in [5, 5.41) is 0. The van der Waals surface area contributed by atoms with E-state index in [1.54, 1.807) is 29.2 Å². The van der Waals surface area contributed by atoms with Crippen LogP contribution >= 0.6 is 0 Å². The molecule has 1 aromatic heterocycles. The van der Waals surface area contributed by atoms with Crippen molar-refractivity contribution in [2.75, 3.05) is 26.7 Å². The van der Waals surface area contributed by atoms with Crippen LogP contribution in [0.15, 0.2) is 47.1 Å². The van der Waals surface area contributed by atoms with Gasteiger partial charge < -0.3 is 19.0 Å². The minimum Gasteiger partial charge on any atom is -0.492 e. The van der Waals surface area contributed by atoms with Crippen molar-refractivity contribution in [1.82, 2.24) is 9.80 Å². The molecule has 0 spiro atoms. The molecule has 0 saturated carbocycles. The van der Waals surface area contributed by atoms with Gasteiger partial charge in [0.15, 0.2) is 0 Å². The van der Waals surface area contributed by atoms with Gasteiger partial charge >= 0.3 is 0 Å². The summed E-state index contributed by atoms with van der Waals surface area (Å²) >= 11 is 0. The summed E-state index contributed by atoms with van der Waals surface area (Å²) in [6.45, 7) is 3.77. The summed E-state index contributed by atoms with van der Waals surface area (Å²) in [4.78, 5) is 28.1. The highest BCUT2D eigenvalue weighted by molar-refractivity contribution is 5.89. The van der Waals surface area contributed by atoms with Gasteiger partial charge in [-0.25, -0.2) is 0 Å². The van der Waals surface area contributed by atoms with E-state index in [0.717, 1.165) is 11.5 Å². The van der Waals surface area contributed by atoms with Gasteiger partial charge in [-0.05, 0) is 31.2 Å². The highest BCUT2D eigenvalue weighted by Crippen LogP contribution is 2.22. The van der Waals surface area contributed by atoms with Crippen LogP contribution in [0.4, 0.5) is 0 Å². The van der Waals surface area contributed by atoms with Crippen LogP contribution in [0.2, 0.25) is 0 Å². The lowest BCUT2D eigenvalue weighted by molar-refractivity contribution is -0.134. The van der Waals surface area contributed by atoms with Gasteiger partial charge in [-0.2, -0.15) is 0 Å². The molecule has 0 radical (unpaired) electrons. The molecule has 6 nitrogen and oxygen atoms in total. The summed E-state index contributed by atoms with van der Waals surface area (Å²) < 4.78 is 11.0. The zero-order valence-corrected chi connectivity index (χ0v) is 15.2. The minimum atomic E-state index is -0.304. The average Bonchev–Trinajstić information content (AvgIpc) is 3.26. The van der Waals surface area contributed by atoms with E-state index in [1.165, 1.54) is 5.56 Å². The molecule has 3 rings (SSSR count). The molecule has 1 saturated heterocycles. The van der Waals surface area contributed by atoms with E-state index in [2.05, 4.69) is 0 Å². The van der Waals surface area contributed by atoms with E-state index < -0.39 is 0 Å². The number of rotatable bonds is 7. The number of hydrogen-bond donors (Lipinski definition) is 0. The molecule has 1 fully saturated rings. The Kier molecular flexibility index (Phi) is 5.61. The molecular formula is C20H24N2O4. The van der Waals surface area contributed by atoms with Crippen LogP contribution < -0.4 is 4.74 Å². The quantitative estimate of drug-likeness (QED) is 0.765. The second kappa shape index (κ2) is 8.08. The first kappa shape index (κ1) is 18.0. The number of furan rings is 1. The predicted molar refractivity (Wildman–Crippen MR) is 96.5 cm³/mol. The van der Waals surface area contributed by atoms with E-state index in [1.807, 2.05) is 37.3 Å². The van der Waals surface area contributed by atoms with Crippen LogP contribution in [0, 0.1) is 12.8 Å². The lowest BCUT2D eigenvalue weighted by Crippen LogP contribution is -2.37. The molecule has 0 aliphatic carbocycles. The van der Waals surface area contributed by atoms with Crippen molar-refractivity contribution in [3.63, 3.8) is 0 Å². The van der Waals surface area contributed by atoms with Gasteiger partial charge in [-0.15, -0.1) is 0 Å². The molecule has 1 aliphatic heterocycles. The highest BCUT2D eigenvalue weighted by atomic mass is 16.5. The third-order valence-corrected chi connectivity index (χ3v) is 4.58. The molecule has 6 heteroatoms. The maximum absolute atomic E-state index is 12.6. The fourth-order valence-electron chi connectivity index (χ4n) is 3.04. The Morgan fingerprint density at radius 1 is 1.31 bits per heavy atom. The molecule has 138 valence electrons. The van der Waals surface area contributed by atoms with Gasteiger partial charge in [0.1, 0.15) is 18.1 Å². The third kappa shape index (κ3) is 4.45. The molecule has 1 aliphatic rings. The largest absolute Gasteiger partial charge is 0.492 e. The standard InChI is InChI=1S/C20H24N2O4/c1-15-5-7-17(8-6-15)26-11-9-21(2)20(24)16-12-19(23)22(13-16)14-18-4-3-10-25-18/h3-8,10,16H,9,11-14H2,1-2H3. The summed E-state index contributed by atoms with van der Waals surface area (Å²) in [6, 6.07) is 11.4. The number of carbonyl (C=O) groups excluding carboxylic acids is 2. The lowest BCUT2D eigenvalue weighted by Gasteiger charge is -2.21. The van der Waals surface area contributed by atoms with E-state index >= 15 is 0 Å². The number of hydrogen-bond acceptors (Lipinski definition) is 4. The monoisotopic (exact) mass is 356 g/mol. The number of aryl methyl sites for hydroxylation is 1. The van der Waals surface area contributed by atoms with Crippen molar-refractivity contribution in [1.29, 1.82) is 0 Å². The molecule has 2 aromatic rings. The Labute approximate surface area is 153 Å². The maximum atomic E-state index is 12.6. The molecule has 2 heterocycles. The van der Waals surface area contributed by atoms with Crippen molar-refractivity contribution in [3.8, 4) is 5.75 Å². The number of benzene rings is 1. The number of ether oxygens (including phenoxy) is 1. The van der Waals surface area contributed by atoms with E-state index in [4.69, 9.17) is 9.15 Å². The summed E-state index contributed by atoms with van der Waals surface area (Å²) in [6.07, 6.45) is 1.84. The lowest BCUT2D eigenvalue weighted by atomic mass is 10.1. The fourth-order valence-corrected chi connectivity index (χ4v) is 3.04. The minimum absolute atomic E-state index is 0.0101. The second-order valence-corrected chi connectivity index (χ2v) is 6.68. The van der Waals surface area contributed by atoms with Gasteiger partial charge in [0.05, 0.1) is 25.3 Å². The number of likely N-dealkylation sites (N-methyl/N-ethyl adjacent to an activating group) is 1. The maximum Gasteiger partial charge on any atom is 0.227 e. The van der Waals surface area contributed by atoms with Crippen molar-refractivity contribution in [3.05, 3.63) is 54.0 Å². The molecule has 0 bridgehead atoms. The molecule has 1 unspecified atom stereocenters. The fraction of sp³-hybridized carbons (Fsp3) is 0.400. The molecule has 2 amide bonds. The zero-order valence-electron chi connectivity index (χ0n) is 15.2. The first-order valence-electron chi connectivity index (χ1n) is 8.77. The van der Waals surface area contributed by atoms with Crippen LogP contribution in [0.1, 0.15) is 17.7 Å². The van der Waals surface area contributed by atoms with Crippen molar-refractivity contribution >= 4 is 11.8 Å². The average molecular weight is 356 g/mol. The number of amides is 2. The van der Waals surface area contributed by atoms with E-state index in [9.17, 15) is 9.59 Å². The summed E-state index contributed by atoms with van der Waals surface area (Å²) in [5.74, 6) is 1.18.